The molecule has 9 heteroatoms. The number of carbonyl (C=O) groups excluding carboxylic acids is 2. The van der Waals surface area contributed by atoms with Crippen LogP contribution in [0.5, 0.6) is 0 Å². The van der Waals surface area contributed by atoms with Crippen LogP contribution in [0.25, 0.3) is 0 Å². The third kappa shape index (κ3) is 8.74. The number of hydrogen-bond donors (Lipinski definition) is 1. The maximum Gasteiger partial charge on any atom is 0.264 e. The fourth-order valence-corrected chi connectivity index (χ4v) is 6.63. The van der Waals surface area contributed by atoms with Gasteiger partial charge in [-0.05, 0) is 75.6 Å². The Labute approximate surface area is 271 Å². The first-order valence-corrected chi connectivity index (χ1v) is 16.7. The molecule has 0 spiro atoms. The van der Waals surface area contributed by atoms with Crippen LogP contribution in [0, 0.1) is 20.8 Å². The monoisotopic (exact) mass is 645 g/mol. The molecule has 0 aromatic heterocycles. The van der Waals surface area contributed by atoms with Gasteiger partial charge in [-0.2, -0.15) is 0 Å². The number of sulfonamides is 1. The number of carbonyl (C=O) groups is 2. The van der Waals surface area contributed by atoms with E-state index in [0.717, 1.165) is 32.1 Å². The minimum absolute atomic E-state index is 0.0428. The number of benzene rings is 4. The molecule has 0 radical (unpaired) electrons. The highest BCUT2D eigenvalue weighted by Crippen LogP contribution is 2.29. The van der Waals surface area contributed by atoms with E-state index in [1.165, 1.54) is 17.0 Å². The van der Waals surface area contributed by atoms with Crippen molar-refractivity contribution in [3.05, 3.63) is 130 Å². The van der Waals surface area contributed by atoms with Crippen LogP contribution < -0.4 is 9.62 Å². The second-order valence-corrected chi connectivity index (χ2v) is 13.9. The third-order valence-corrected chi connectivity index (χ3v) is 9.66. The van der Waals surface area contributed by atoms with Crippen molar-refractivity contribution in [1.82, 2.24) is 10.2 Å². The molecule has 0 aliphatic rings. The summed E-state index contributed by atoms with van der Waals surface area (Å²) in [7, 11) is -4.21. The Morgan fingerprint density at radius 2 is 1.47 bits per heavy atom. The average Bonchev–Trinajstić information content (AvgIpc) is 2.99. The van der Waals surface area contributed by atoms with E-state index in [2.05, 4.69) is 5.32 Å². The van der Waals surface area contributed by atoms with Crippen LogP contribution in [0.15, 0.2) is 102 Å². The van der Waals surface area contributed by atoms with Gasteiger partial charge in [0.25, 0.3) is 10.0 Å². The van der Waals surface area contributed by atoms with Crippen LogP contribution in [0.1, 0.15) is 41.7 Å². The fourth-order valence-electron chi connectivity index (χ4n) is 5.04. The van der Waals surface area contributed by atoms with Crippen LogP contribution in [0.3, 0.4) is 0 Å². The van der Waals surface area contributed by atoms with Crippen molar-refractivity contribution in [1.29, 1.82) is 0 Å². The van der Waals surface area contributed by atoms with E-state index in [4.69, 9.17) is 11.6 Å². The van der Waals surface area contributed by atoms with Crippen molar-refractivity contribution in [3.8, 4) is 0 Å². The summed E-state index contributed by atoms with van der Waals surface area (Å²) in [6.45, 7) is 8.94. The highest BCUT2D eigenvalue weighted by atomic mass is 35.5. The zero-order valence-electron chi connectivity index (χ0n) is 26.3. The minimum atomic E-state index is -4.21. The Bertz CT molecular complexity index is 1740. The van der Waals surface area contributed by atoms with Gasteiger partial charge in [0.2, 0.25) is 11.8 Å². The van der Waals surface area contributed by atoms with E-state index in [-0.39, 0.29) is 35.5 Å². The SMILES string of the molecule is Cc1ccc(S(=O)(=O)N(CC(=O)N(Cc2cccc(C)c2)[C@H](Cc2ccccc2)C(=O)NC(C)C)c2ccc(C)c(Cl)c2)cc1. The molecular weight excluding hydrogens is 606 g/mol. The molecule has 1 atom stereocenters. The molecule has 0 aliphatic heterocycles. The molecule has 0 unspecified atom stereocenters. The van der Waals surface area contributed by atoms with Crippen LogP contribution in [-0.4, -0.2) is 43.8 Å². The van der Waals surface area contributed by atoms with Gasteiger partial charge in [-0.25, -0.2) is 8.42 Å². The highest BCUT2D eigenvalue weighted by Gasteiger charge is 2.35. The maximum absolute atomic E-state index is 14.5. The second kappa shape index (κ2) is 14.8. The molecule has 0 heterocycles. The first-order valence-electron chi connectivity index (χ1n) is 14.9. The molecule has 4 rings (SSSR count). The summed E-state index contributed by atoms with van der Waals surface area (Å²) in [6, 6.07) is 27.5. The van der Waals surface area contributed by atoms with E-state index < -0.39 is 28.5 Å². The summed E-state index contributed by atoms with van der Waals surface area (Å²) in [5.74, 6) is -0.843. The number of anilines is 1. The standard InChI is InChI=1S/C36H40ClN3O4S/c1-25(2)38-36(42)34(21-29-11-7-6-8-12-29)39(23-30-13-9-10-27(4)20-30)35(41)24-40(31-17-16-28(5)33(37)22-31)45(43,44)32-18-14-26(3)15-19-32/h6-20,22,25,34H,21,23-24H2,1-5H3,(H,38,42)/t34-/m1/s1. The van der Waals surface area contributed by atoms with Gasteiger partial charge in [-0.15, -0.1) is 0 Å². The van der Waals surface area contributed by atoms with Crippen molar-refractivity contribution < 1.29 is 18.0 Å². The summed E-state index contributed by atoms with van der Waals surface area (Å²) in [5, 5.41) is 3.35. The van der Waals surface area contributed by atoms with Gasteiger partial charge < -0.3 is 10.2 Å². The number of nitrogens with one attached hydrogen (secondary N) is 1. The van der Waals surface area contributed by atoms with E-state index >= 15 is 0 Å². The van der Waals surface area contributed by atoms with Gasteiger partial charge in [-0.1, -0.05) is 95.5 Å². The summed E-state index contributed by atoms with van der Waals surface area (Å²) in [5.41, 5.74) is 4.63. The molecule has 0 bridgehead atoms. The van der Waals surface area contributed by atoms with E-state index in [0.29, 0.717) is 5.02 Å². The number of aryl methyl sites for hydroxylation is 3. The van der Waals surface area contributed by atoms with Crippen molar-refractivity contribution in [2.24, 2.45) is 0 Å². The molecule has 7 nitrogen and oxygen atoms in total. The second-order valence-electron chi connectivity index (χ2n) is 11.6. The Morgan fingerprint density at radius 1 is 0.800 bits per heavy atom. The van der Waals surface area contributed by atoms with Crippen molar-refractivity contribution in [2.45, 2.75) is 64.6 Å². The number of nitrogens with zero attached hydrogens (tertiary/aromatic N) is 2. The number of hydrogen-bond acceptors (Lipinski definition) is 4. The molecule has 4 aromatic rings. The zero-order valence-corrected chi connectivity index (χ0v) is 27.9. The third-order valence-electron chi connectivity index (χ3n) is 7.47. The highest BCUT2D eigenvalue weighted by molar-refractivity contribution is 7.92. The summed E-state index contributed by atoms with van der Waals surface area (Å²) < 4.78 is 29.4. The van der Waals surface area contributed by atoms with Crippen molar-refractivity contribution >= 4 is 39.1 Å². The number of halogens is 1. The number of rotatable bonds is 12. The largest absolute Gasteiger partial charge is 0.352 e. The minimum Gasteiger partial charge on any atom is -0.352 e. The molecule has 4 aromatic carbocycles. The molecule has 2 amide bonds. The predicted molar refractivity (Wildman–Crippen MR) is 181 cm³/mol. The fraction of sp³-hybridized carbons (Fsp3) is 0.278. The molecule has 0 aliphatic carbocycles. The molecule has 0 saturated carbocycles. The lowest BCUT2D eigenvalue weighted by atomic mass is 10.0. The normalized spacial score (nSPS) is 12.1. The molecule has 0 fully saturated rings. The smallest absolute Gasteiger partial charge is 0.264 e. The van der Waals surface area contributed by atoms with Crippen LogP contribution >= 0.6 is 11.6 Å². The Kier molecular flexibility index (Phi) is 11.1. The van der Waals surface area contributed by atoms with Gasteiger partial charge in [0.05, 0.1) is 10.6 Å². The lowest BCUT2D eigenvalue weighted by Gasteiger charge is -2.34. The molecule has 0 saturated heterocycles. The van der Waals surface area contributed by atoms with E-state index in [1.807, 2.05) is 89.2 Å². The first-order chi connectivity index (χ1) is 21.3. The quantitative estimate of drug-likeness (QED) is 0.188. The topological polar surface area (TPSA) is 86.8 Å². The lowest BCUT2D eigenvalue weighted by molar-refractivity contribution is -0.140. The Balaban J connectivity index is 1.82. The summed E-state index contributed by atoms with van der Waals surface area (Å²) in [6.07, 6.45) is 0.248. The predicted octanol–water partition coefficient (Wildman–Crippen LogP) is 6.63. The Morgan fingerprint density at radius 3 is 2.09 bits per heavy atom. The van der Waals surface area contributed by atoms with E-state index in [9.17, 15) is 18.0 Å². The van der Waals surface area contributed by atoms with Gasteiger partial charge in [-0.3, -0.25) is 13.9 Å². The molecule has 236 valence electrons. The van der Waals surface area contributed by atoms with Crippen molar-refractivity contribution in [2.75, 3.05) is 10.8 Å². The van der Waals surface area contributed by atoms with Crippen molar-refractivity contribution in [3.63, 3.8) is 0 Å². The average molecular weight is 646 g/mol. The van der Waals surface area contributed by atoms with Gasteiger partial charge in [0, 0.05) is 24.0 Å². The summed E-state index contributed by atoms with van der Waals surface area (Å²) in [4.78, 5) is 29.9. The molecule has 1 N–H and O–H groups in total. The Hall–Kier alpha value is -4.14. The van der Waals surface area contributed by atoms with Crippen LogP contribution in [0.4, 0.5) is 5.69 Å². The van der Waals surface area contributed by atoms with Crippen LogP contribution in [0.2, 0.25) is 5.02 Å². The molecule has 45 heavy (non-hydrogen) atoms. The van der Waals surface area contributed by atoms with Gasteiger partial charge in [0.1, 0.15) is 12.6 Å². The number of amides is 2. The van der Waals surface area contributed by atoms with E-state index in [1.54, 1.807) is 30.3 Å². The van der Waals surface area contributed by atoms with Crippen LogP contribution in [-0.2, 0) is 32.6 Å². The van der Waals surface area contributed by atoms with Gasteiger partial charge in [0.15, 0.2) is 0 Å². The lowest BCUT2D eigenvalue weighted by Crippen LogP contribution is -2.54. The summed E-state index contributed by atoms with van der Waals surface area (Å²) >= 11 is 6.46. The first kappa shape index (κ1) is 33.7. The maximum atomic E-state index is 14.5. The zero-order chi connectivity index (χ0) is 32.7. The molecular formula is C36H40ClN3O4S. The van der Waals surface area contributed by atoms with Gasteiger partial charge >= 0.3 is 0 Å².